The molecule has 2 saturated heterocycles. The van der Waals surface area contributed by atoms with Crippen LogP contribution >= 0.6 is 0 Å². The van der Waals surface area contributed by atoms with Crippen LogP contribution < -0.4 is 10.5 Å². The summed E-state index contributed by atoms with van der Waals surface area (Å²) in [5.41, 5.74) is -1.98. The molecule has 52 heavy (non-hydrogen) atoms. The van der Waals surface area contributed by atoms with Crippen molar-refractivity contribution < 1.29 is 53.8 Å². The van der Waals surface area contributed by atoms with E-state index in [2.05, 4.69) is 5.10 Å². The van der Waals surface area contributed by atoms with Crippen LogP contribution in [0.25, 0.3) is 33.7 Å². The van der Waals surface area contributed by atoms with Gasteiger partial charge in [0.2, 0.25) is 5.89 Å². The number of amides is 1. The topological polar surface area (TPSA) is 97.7 Å². The normalized spacial score (nSPS) is 18.8. The highest BCUT2D eigenvalue weighted by Crippen LogP contribution is 2.51. The number of alkyl halides is 6. The standard InChI is InChI=1S/C36H25F8N3O5/c1-16-9-18(11-20(10-16)36(42,43)44)31-29-8-7-28(47(29)34(49)51-31)24-13-19(35(39,40)41)4-6-21(24)25-14-23(27(38)15-30(25)50-2)22-5-3-17(12-26(22)37)32-45-46-33(48)52-32/h3-6,9-15,28-29,31H,7-8H2,1-2H3,(H,46,48)/t28-,29-,31+/m0/s1. The minimum atomic E-state index is -4.81. The molecule has 4 aromatic carbocycles. The molecule has 16 heteroatoms. The summed E-state index contributed by atoms with van der Waals surface area (Å²) < 4.78 is 130. The molecule has 0 saturated carbocycles. The monoisotopic (exact) mass is 731 g/mol. The van der Waals surface area contributed by atoms with Crippen LogP contribution in [-0.4, -0.2) is 34.3 Å². The molecule has 2 fully saturated rings. The van der Waals surface area contributed by atoms with Gasteiger partial charge in [-0.05, 0) is 78.9 Å². The Labute approximate surface area is 288 Å². The number of aromatic nitrogens is 2. The van der Waals surface area contributed by atoms with Gasteiger partial charge in [0.1, 0.15) is 23.5 Å². The molecule has 7 rings (SSSR count). The van der Waals surface area contributed by atoms with Gasteiger partial charge in [-0.25, -0.2) is 23.5 Å². The third-order valence-corrected chi connectivity index (χ3v) is 9.23. The quantitative estimate of drug-likeness (QED) is 0.175. The lowest BCUT2D eigenvalue weighted by Gasteiger charge is -2.26. The number of H-pyrrole nitrogens is 1. The Kier molecular flexibility index (Phi) is 8.37. The fraction of sp³-hybridized carbons (Fsp3) is 0.250. The number of rotatable bonds is 6. The van der Waals surface area contributed by atoms with Gasteiger partial charge < -0.3 is 13.9 Å². The van der Waals surface area contributed by atoms with Gasteiger partial charge in [0.05, 0.1) is 30.3 Å². The zero-order valence-electron chi connectivity index (χ0n) is 27.0. The SMILES string of the molecule is COc1cc(F)c(-c2ccc(-c3n[nH]c(=O)o3)cc2F)cc1-c1ccc(C(F)(F)F)cc1[C@@H]1CC[C@H]2[C@@H](c3cc(C)cc(C(F)(F)F)c3)OC(=O)N12. The largest absolute Gasteiger partial charge is 0.496 e. The van der Waals surface area contributed by atoms with Crippen LogP contribution in [0.4, 0.5) is 39.9 Å². The molecule has 2 aliphatic heterocycles. The van der Waals surface area contributed by atoms with Gasteiger partial charge in [-0.2, -0.15) is 26.3 Å². The molecule has 0 radical (unpaired) electrons. The molecule has 3 atom stereocenters. The molecular weight excluding hydrogens is 706 g/mol. The predicted octanol–water partition coefficient (Wildman–Crippen LogP) is 9.39. The molecule has 0 bridgehead atoms. The van der Waals surface area contributed by atoms with Crippen molar-refractivity contribution in [2.24, 2.45) is 0 Å². The Bertz CT molecular complexity index is 2280. The van der Waals surface area contributed by atoms with Crippen molar-refractivity contribution >= 4 is 6.09 Å². The van der Waals surface area contributed by atoms with E-state index in [1.54, 1.807) is 0 Å². The number of methoxy groups -OCH3 is 1. The highest BCUT2D eigenvalue weighted by molar-refractivity contribution is 5.82. The molecule has 1 N–H and O–H groups in total. The minimum Gasteiger partial charge on any atom is -0.496 e. The number of carbonyl (C=O) groups excluding carboxylic acids is 1. The number of nitrogens with one attached hydrogen (secondary N) is 1. The summed E-state index contributed by atoms with van der Waals surface area (Å²) in [5.74, 6) is -3.10. The number of nitrogens with zero attached hydrogens (tertiary/aromatic N) is 2. The van der Waals surface area contributed by atoms with E-state index in [1.165, 1.54) is 43.2 Å². The van der Waals surface area contributed by atoms with Crippen molar-refractivity contribution in [2.75, 3.05) is 7.11 Å². The molecule has 1 aromatic heterocycles. The Balaban J connectivity index is 1.33. The molecular formula is C36H25F8N3O5. The molecule has 2 aliphatic rings. The Hall–Kier alpha value is -5.67. The fourth-order valence-corrected chi connectivity index (χ4v) is 7.00. The number of ether oxygens (including phenoxy) is 2. The fourth-order valence-electron chi connectivity index (χ4n) is 7.00. The van der Waals surface area contributed by atoms with E-state index in [0.717, 1.165) is 42.5 Å². The van der Waals surface area contributed by atoms with Crippen LogP contribution in [0.1, 0.15) is 52.8 Å². The van der Waals surface area contributed by atoms with Gasteiger partial charge in [0.25, 0.3) is 0 Å². The van der Waals surface area contributed by atoms with Crippen molar-refractivity contribution in [1.29, 1.82) is 0 Å². The zero-order valence-corrected chi connectivity index (χ0v) is 27.0. The van der Waals surface area contributed by atoms with E-state index < -0.39 is 65.2 Å². The second-order valence-corrected chi connectivity index (χ2v) is 12.4. The van der Waals surface area contributed by atoms with Crippen LogP contribution in [0.5, 0.6) is 5.75 Å². The first kappa shape index (κ1) is 34.8. The van der Waals surface area contributed by atoms with Crippen LogP contribution in [-0.2, 0) is 17.1 Å². The van der Waals surface area contributed by atoms with E-state index in [0.29, 0.717) is 0 Å². The van der Waals surface area contributed by atoms with Crippen molar-refractivity contribution in [3.63, 3.8) is 0 Å². The maximum atomic E-state index is 15.6. The molecule has 0 spiro atoms. The average molecular weight is 732 g/mol. The third kappa shape index (κ3) is 6.15. The second kappa shape index (κ2) is 12.5. The first-order chi connectivity index (χ1) is 24.5. The Morgan fingerprint density at radius 3 is 2.17 bits per heavy atom. The summed E-state index contributed by atoms with van der Waals surface area (Å²) in [7, 11) is 1.21. The maximum absolute atomic E-state index is 15.6. The van der Waals surface area contributed by atoms with Gasteiger partial charge >= 0.3 is 24.2 Å². The number of aromatic amines is 1. The van der Waals surface area contributed by atoms with Crippen LogP contribution in [0, 0.1) is 18.6 Å². The van der Waals surface area contributed by atoms with Crippen LogP contribution in [0.3, 0.4) is 0 Å². The molecule has 3 heterocycles. The molecule has 1 amide bonds. The van der Waals surface area contributed by atoms with Gasteiger partial charge in [0, 0.05) is 28.3 Å². The summed E-state index contributed by atoms with van der Waals surface area (Å²) >= 11 is 0. The number of hydrogen-bond acceptors (Lipinski definition) is 6. The smallest absolute Gasteiger partial charge is 0.434 e. The molecule has 8 nitrogen and oxygen atoms in total. The number of fused-ring (bicyclic) bond motifs is 1. The number of cyclic esters (lactones) is 1. The summed E-state index contributed by atoms with van der Waals surface area (Å²) in [5, 5.41) is 5.69. The summed E-state index contributed by atoms with van der Waals surface area (Å²) in [6.45, 7) is 1.46. The predicted molar refractivity (Wildman–Crippen MR) is 168 cm³/mol. The van der Waals surface area contributed by atoms with Gasteiger partial charge in [-0.1, -0.05) is 23.8 Å². The Morgan fingerprint density at radius 1 is 0.808 bits per heavy atom. The maximum Gasteiger partial charge on any atom is 0.434 e. The summed E-state index contributed by atoms with van der Waals surface area (Å²) in [6.07, 6.45) is -11.3. The van der Waals surface area contributed by atoms with E-state index in [4.69, 9.17) is 13.9 Å². The molecule has 270 valence electrons. The first-order valence-electron chi connectivity index (χ1n) is 15.7. The summed E-state index contributed by atoms with van der Waals surface area (Å²) in [6, 6.07) is 9.86. The minimum absolute atomic E-state index is 0.0182. The average Bonchev–Trinajstić information content (AvgIpc) is 3.80. The Morgan fingerprint density at radius 2 is 1.52 bits per heavy atom. The van der Waals surface area contributed by atoms with Crippen molar-refractivity contribution in [1.82, 2.24) is 15.1 Å². The molecule has 0 aliphatic carbocycles. The number of benzene rings is 4. The van der Waals surface area contributed by atoms with Crippen molar-refractivity contribution in [3.8, 4) is 39.5 Å². The van der Waals surface area contributed by atoms with E-state index in [1.807, 2.05) is 5.10 Å². The van der Waals surface area contributed by atoms with Crippen molar-refractivity contribution in [2.45, 2.75) is 50.3 Å². The number of carbonyl (C=O) groups is 1. The van der Waals surface area contributed by atoms with E-state index in [9.17, 15) is 35.9 Å². The highest BCUT2D eigenvalue weighted by Gasteiger charge is 2.51. The lowest BCUT2D eigenvalue weighted by Crippen LogP contribution is -2.31. The third-order valence-electron chi connectivity index (χ3n) is 9.23. The van der Waals surface area contributed by atoms with Crippen LogP contribution in [0.15, 0.2) is 75.9 Å². The number of halogens is 8. The van der Waals surface area contributed by atoms with E-state index in [-0.39, 0.29) is 69.0 Å². The van der Waals surface area contributed by atoms with Crippen molar-refractivity contribution in [3.05, 3.63) is 117 Å². The number of aryl methyl sites for hydroxylation is 1. The molecule has 0 unspecified atom stereocenters. The van der Waals surface area contributed by atoms with E-state index >= 15 is 8.78 Å². The summed E-state index contributed by atoms with van der Waals surface area (Å²) in [4.78, 5) is 26.0. The van der Waals surface area contributed by atoms with Gasteiger partial charge in [0.15, 0.2) is 0 Å². The first-order valence-corrected chi connectivity index (χ1v) is 15.7. The van der Waals surface area contributed by atoms with Crippen LogP contribution in [0.2, 0.25) is 0 Å². The van der Waals surface area contributed by atoms with Gasteiger partial charge in [-0.3, -0.25) is 4.90 Å². The highest BCUT2D eigenvalue weighted by atomic mass is 19.4. The number of hydrogen-bond donors (Lipinski definition) is 1. The van der Waals surface area contributed by atoms with Gasteiger partial charge in [-0.15, -0.1) is 5.10 Å². The second-order valence-electron chi connectivity index (χ2n) is 12.4. The zero-order chi connectivity index (χ0) is 37.3. The molecule has 5 aromatic rings. The lowest BCUT2D eigenvalue weighted by molar-refractivity contribution is -0.138. The lowest BCUT2D eigenvalue weighted by atomic mass is 9.89.